The van der Waals surface area contributed by atoms with Crippen LogP contribution in [-0.2, 0) is 0 Å². The lowest BCUT2D eigenvalue weighted by Gasteiger charge is -2.34. The monoisotopic (exact) mass is 196 g/mol. The van der Waals surface area contributed by atoms with Crippen molar-refractivity contribution in [1.29, 1.82) is 0 Å². The molecule has 0 spiro atoms. The molecule has 0 heterocycles. The van der Waals surface area contributed by atoms with Crippen LogP contribution in [0.2, 0.25) is 0 Å². The van der Waals surface area contributed by atoms with Crippen molar-refractivity contribution >= 4 is 0 Å². The standard InChI is InChI=1S/C12H24N2/c1-3-10-14(2)11-9-12(13)7-5-4-6-8-12/h3H,1,4-11,13H2,2H3. The Morgan fingerprint density at radius 3 is 2.57 bits per heavy atom. The topological polar surface area (TPSA) is 29.3 Å². The van der Waals surface area contributed by atoms with Crippen LogP contribution in [0.5, 0.6) is 0 Å². The van der Waals surface area contributed by atoms with Crippen molar-refractivity contribution in [2.45, 2.75) is 44.1 Å². The van der Waals surface area contributed by atoms with Crippen LogP contribution in [0.15, 0.2) is 12.7 Å². The molecule has 0 saturated heterocycles. The Balaban J connectivity index is 2.24. The molecule has 0 aromatic heterocycles. The van der Waals surface area contributed by atoms with Gasteiger partial charge in [-0.1, -0.05) is 25.3 Å². The van der Waals surface area contributed by atoms with Crippen molar-refractivity contribution < 1.29 is 0 Å². The summed E-state index contributed by atoms with van der Waals surface area (Å²) < 4.78 is 0. The summed E-state index contributed by atoms with van der Waals surface area (Å²) in [5, 5.41) is 0. The molecule has 1 rings (SSSR count). The molecule has 2 heteroatoms. The fourth-order valence-corrected chi connectivity index (χ4v) is 2.23. The second-order valence-electron chi connectivity index (χ2n) is 4.72. The van der Waals surface area contributed by atoms with Gasteiger partial charge in [0.05, 0.1) is 0 Å². The zero-order valence-corrected chi connectivity index (χ0v) is 9.47. The van der Waals surface area contributed by atoms with E-state index in [1.54, 1.807) is 0 Å². The lowest BCUT2D eigenvalue weighted by Crippen LogP contribution is -2.44. The third kappa shape index (κ3) is 3.81. The Kier molecular flexibility index (Phi) is 4.63. The molecule has 14 heavy (non-hydrogen) atoms. The first-order valence-electron chi connectivity index (χ1n) is 5.75. The van der Waals surface area contributed by atoms with Crippen LogP contribution in [-0.4, -0.2) is 30.6 Å². The molecule has 2 nitrogen and oxygen atoms in total. The summed E-state index contributed by atoms with van der Waals surface area (Å²) in [6.07, 6.45) is 9.54. The van der Waals surface area contributed by atoms with Crippen molar-refractivity contribution in [3.05, 3.63) is 12.7 Å². The molecule has 1 aliphatic carbocycles. The maximum Gasteiger partial charge on any atom is 0.0166 e. The molecule has 2 N–H and O–H groups in total. The van der Waals surface area contributed by atoms with Gasteiger partial charge in [-0.2, -0.15) is 0 Å². The van der Waals surface area contributed by atoms with Crippen molar-refractivity contribution in [3.63, 3.8) is 0 Å². The van der Waals surface area contributed by atoms with E-state index >= 15 is 0 Å². The van der Waals surface area contributed by atoms with Gasteiger partial charge < -0.3 is 10.6 Å². The second kappa shape index (κ2) is 5.52. The Hall–Kier alpha value is -0.340. The maximum absolute atomic E-state index is 6.35. The average molecular weight is 196 g/mol. The highest BCUT2D eigenvalue weighted by Crippen LogP contribution is 2.28. The van der Waals surface area contributed by atoms with E-state index in [4.69, 9.17) is 5.73 Å². The van der Waals surface area contributed by atoms with Gasteiger partial charge in [0, 0.05) is 12.1 Å². The van der Waals surface area contributed by atoms with Gasteiger partial charge in [-0.05, 0) is 32.9 Å². The highest BCUT2D eigenvalue weighted by atomic mass is 15.1. The Morgan fingerprint density at radius 1 is 1.36 bits per heavy atom. The minimum atomic E-state index is 0.133. The van der Waals surface area contributed by atoms with E-state index in [1.165, 1.54) is 32.1 Å². The summed E-state index contributed by atoms with van der Waals surface area (Å²) in [7, 11) is 2.13. The maximum atomic E-state index is 6.35. The molecule has 0 radical (unpaired) electrons. The van der Waals surface area contributed by atoms with Gasteiger partial charge in [0.2, 0.25) is 0 Å². The molecule has 1 aliphatic rings. The SMILES string of the molecule is C=CCN(C)CCC1(N)CCCCC1. The third-order valence-corrected chi connectivity index (χ3v) is 3.28. The molecule has 0 aromatic rings. The summed E-state index contributed by atoms with van der Waals surface area (Å²) in [4.78, 5) is 2.29. The number of rotatable bonds is 5. The molecule has 0 aromatic carbocycles. The highest BCUT2D eigenvalue weighted by Gasteiger charge is 2.26. The van der Waals surface area contributed by atoms with E-state index < -0.39 is 0 Å². The Morgan fingerprint density at radius 2 is 2.00 bits per heavy atom. The first-order chi connectivity index (χ1) is 6.66. The van der Waals surface area contributed by atoms with E-state index in [0.29, 0.717) is 0 Å². The zero-order valence-electron chi connectivity index (χ0n) is 9.47. The first-order valence-corrected chi connectivity index (χ1v) is 5.75. The lowest BCUT2D eigenvalue weighted by atomic mass is 9.80. The van der Waals surface area contributed by atoms with Gasteiger partial charge in [-0.25, -0.2) is 0 Å². The van der Waals surface area contributed by atoms with Crippen LogP contribution < -0.4 is 5.73 Å². The number of nitrogens with two attached hydrogens (primary N) is 1. The quantitative estimate of drug-likeness (QED) is 0.683. The second-order valence-corrected chi connectivity index (χ2v) is 4.72. The van der Waals surface area contributed by atoms with E-state index in [2.05, 4.69) is 18.5 Å². The predicted octanol–water partition coefficient (Wildman–Crippen LogP) is 2.16. The van der Waals surface area contributed by atoms with Gasteiger partial charge >= 0.3 is 0 Å². The molecule has 0 bridgehead atoms. The molecule has 0 atom stereocenters. The van der Waals surface area contributed by atoms with Gasteiger partial charge in [0.1, 0.15) is 0 Å². The van der Waals surface area contributed by atoms with Gasteiger partial charge in [-0.3, -0.25) is 0 Å². The molecular weight excluding hydrogens is 172 g/mol. The number of hydrogen-bond donors (Lipinski definition) is 1. The van der Waals surface area contributed by atoms with Crippen LogP contribution in [0.3, 0.4) is 0 Å². The molecule has 0 unspecified atom stereocenters. The van der Waals surface area contributed by atoms with E-state index in [1.807, 2.05) is 6.08 Å². The van der Waals surface area contributed by atoms with Crippen molar-refractivity contribution in [2.75, 3.05) is 20.1 Å². The fourth-order valence-electron chi connectivity index (χ4n) is 2.23. The van der Waals surface area contributed by atoms with Crippen LogP contribution in [0.1, 0.15) is 38.5 Å². The Labute approximate surface area is 88.2 Å². The molecule has 1 fully saturated rings. The summed E-state index contributed by atoms with van der Waals surface area (Å²) in [6.45, 7) is 5.81. The minimum absolute atomic E-state index is 0.133. The fraction of sp³-hybridized carbons (Fsp3) is 0.833. The van der Waals surface area contributed by atoms with Crippen LogP contribution in [0.4, 0.5) is 0 Å². The summed E-state index contributed by atoms with van der Waals surface area (Å²) in [5.41, 5.74) is 6.48. The average Bonchev–Trinajstić information content (AvgIpc) is 2.17. The van der Waals surface area contributed by atoms with Crippen LogP contribution in [0, 0.1) is 0 Å². The van der Waals surface area contributed by atoms with Crippen LogP contribution in [0.25, 0.3) is 0 Å². The molecule has 0 aliphatic heterocycles. The van der Waals surface area contributed by atoms with Gasteiger partial charge in [-0.15, -0.1) is 6.58 Å². The lowest BCUT2D eigenvalue weighted by molar-refractivity contribution is 0.238. The zero-order chi connectivity index (χ0) is 10.4. The highest BCUT2D eigenvalue weighted by molar-refractivity contribution is 4.88. The van der Waals surface area contributed by atoms with E-state index in [0.717, 1.165) is 19.5 Å². The van der Waals surface area contributed by atoms with Crippen LogP contribution >= 0.6 is 0 Å². The summed E-state index contributed by atoms with van der Waals surface area (Å²) >= 11 is 0. The summed E-state index contributed by atoms with van der Waals surface area (Å²) in [6, 6.07) is 0. The minimum Gasteiger partial charge on any atom is -0.325 e. The van der Waals surface area contributed by atoms with Crippen molar-refractivity contribution in [1.82, 2.24) is 4.90 Å². The number of nitrogens with zero attached hydrogens (tertiary/aromatic N) is 1. The molecule has 82 valence electrons. The Bertz CT molecular complexity index is 171. The molecule has 1 saturated carbocycles. The predicted molar refractivity (Wildman–Crippen MR) is 62.3 cm³/mol. The van der Waals surface area contributed by atoms with E-state index in [9.17, 15) is 0 Å². The first kappa shape index (κ1) is 11.7. The van der Waals surface area contributed by atoms with Gasteiger partial charge in [0.15, 0.2) is 0 Å². The smallest absolute Gasteiger partial charge is 0.0166 e. The number of likely N-dealkylation sites (N-methyl/N-ethyl adjacent to an activating group) is 1. The normalized spacial score (nSPS) is 21.1. The molecular formula is C12H24N2. The van der Waals surface area contributed by atoms with E-state index in [-0.39, 0.29) is 5.54 Å². The molecule has 0 amide bonds. The largest absolute Gasteiger partial charge is 0.325 e. The number of hydrogen-bond acceptors (Lipinski definition) is 2. The van der Waals surface area contributed by atoms with Crippen molar-refractivity contribution in [3.8, 4) is 0 Å². The third-order valence-electron chi connectivity index (χ3n) is 3.28. The van der Waals surface area contributed by atoms with Crippen molar-refractivity contribution in [2.24, 2.45) is 5.73 Å². The van der Waals surface area contributed by atoms with Gasteiger partial charge in [0.25, 0.3) is 0 Å². The summed E-state index contributed by atoms with van der Waals surface area (Å²) in [5.74, 6) is 0.